The molecule has 0 bridgehead atoms. The number of hydrogen-bond donors (Lipinski definition) is 0. The van der Waals surface area contributed by atoms with E-state index >= 15 is 0 Å². The third kappa shape index (κ3) is 12.6. The molecule has 16 heteroatoms. The summed E-state index contributed by atoms with van der Waals surface area (Å²) in [4.78, 5) is 0. The van der Waals surface area contributed by atoms with Gasteiger partial charge in [0.05, 0.1) is 10.7 Å². The van der Waals surface area contributed by atoms with E-state index in [4.69, 9.17) is 65.4 Å². The largest absolute Gasteiger partial charge is 0.492 e. The average molecular weight is 1520 g/mol. The molecule has 10 rings (SSSR count). The number of fused-ring (bicyclic) bond motifs is 14. The lowest BCUT2D eigenvalue weighted by Gasteiger charge is -2.32. The maximum atomic E-state index is 7.08. The molecule has 1 spiro atoms. The van der Waals surface area contributed by atoms with Gasteiger partial charge in [-0.2, -0.15) is 0 Å². The van der Waals surface area contributed by atoms with Gasteiger partial charge in [0.1, 0.15) is 54.8 Å². The summed E-state index contributed by atoms with van der Waals surface area (Å²) >= 11 is 49.4. The molecular formula is C53H42Br8Cl4O4. The Morgan fingerprint density at radius 1 is 0.362 bits per heavy atom. The van der Waals surface area contributed by atoms with Gasteiger partial charge in [-0.15, -0.1) is 46.4 Å². The molecule has 0 N–H and O–H groups in total. The summed E-state index contributed by atoms with van der Waals surface area (Å²) in [6, 6.07) is 33.6. The predicted octanol–water partition coefficient (Wildman–Crippen LogP) is 22.4. The Morgan fingerprint density at radius 3 is 0.783 bits per heavy atom. The van der Waals surface area contributed by atoms with Crippen LogP contribution in [0, 0.1) is 5.41 Å². The molecule has 4 nitrogen and oxygen atoms in total. The molecule has 0 aliphatic carbocycles. The summed E-state index contributed by atoms with van der Waals surface area (Å²) in [6.07, 6.45) is 5.54. The second-order valence-electron chi connectivity index (χ2n) is 16.2. The second kappa shape index (κ2) is 25.5. The number of benzene rings is 8. The van der Waals surface area contributed by atoms with E-state index in [0.29, 0.717) is 0 Å². The van der Waals surface area contributed by atoms with Crippen molar-refractivity contribution in [3.63, 3.8) is 0 Å². The van der Waals surface area contributed by atoms with Crippen molar-refractivity contribution in [1.29, 1.82) is 0 Å². The highest BCUT2D eigenvalue weighted by atomic mass is 79.9. The van der Waals surface area contributed by atoms with E-state index in [0.717, 1.165) is 124 Å². The Balaban J connectivity index is 0.000000529. The van der Waals surface area contributed by atoms with Crippen LogP contribution in [-0.4, -0.2) is 37.1 Å². The summed E-state index contributed by atoms with van der Waals surface area (Å²) in [7, 11) is 0. The first-order valence-corrected chi connectivity index (χ1v) is 30.1. The Hall–Kier alpha value is -1.000. The monoisotopic (exact) mass is 1510 g/mol. The number of hydrogen-bond acceptors (Lipinski definition) is 4. The van der Waals surface area contributed by atoms with Gasteiger partial charge >= 0.3 is 0 Å². The van der Waals surface area contributed by atoms with Gasteiger partial charge in [-0.25, -0.2) is 0 Å². The first kappa shape index (κ1) is 55.7. The maximum absolute atomic E-state index is 7.08. The minimum absolute atomic E-state index is 0.194. The number of alkyl halides is 4. The Kier molecular flexibility index (Phi) is 20.6. The number of ether oxygens (including phenoxy) is 4. The second-order valence-corrected chi connectivity index (χ2v) is 24.9. The molecule has 8 aromatic carbocycles. The smallest absolute Gasteiger partial charge is 0.129 e. The van der Waals surface area contributed by atoms with Crippen molar-refractivity contribution < 1.29 is 18.9 Å². The normalized spacial score (nSPS) is 13.5. The van der Waals surface area contributed by atoms with Gasteiger partial charge in [0.25, 0.3) is 0 Å². The predicted molar refractivity (Wildman–Crippen MR) is 323 cm³/mol. The quantitative estimate of drug-likeness (QED) is 0.130. The molecule has 8 aromatic rings. The average Bonchev–Trinajstić information content (AvgIpc) is 3.43. The van der Waals surface area contributed by atoms with E-state index in [1.54, 1.807) is 0 Å². The van der Waals surface area contributed by atoms with Crippen LogP contribution in [0.25, 0.3) is 65.3 Å². The fourth-order valence-electron chi connectivity index (χ4n) is 8.48. The minimum atomic E-state index is -0.775. The topological polar surface area (TPSA) is 36.9 Å². The van der Waals surface area contributed by atoms with Gasteiger partial charge in [-0.3, -0.25) is 0 Å². The van der Waals surface area contributed by atoms with Crippen molar-refractivity contribution in [2.45, 2.75) is 39.5 Å². The molecule has 0 amide bonds. The molecule has 2 aliphatic rings. The highest BCUT2D eigenvalue weighted by Crippen LogP contribution is 2.53. The molecule has 2 aliphatic heterocycles. The van der Waals surface area contributed by atoms with Crippen LogP contribution in [0.1, 0.15) is 39.5 Å². The van der Waals surface area contributed by atoms with Crippen molar-refractivity contribution in [3.05, 3.63) is 133 Å². The van der Waals surface area contributed by atoms with Crippen LogP contribution in [0.3, 0.4) is 0 Å². The van der Waals surface area contributed by atoms with Crippen molar-refractivity contribution in [3.8, 4) is 45.3 Å². The highest BCUT2D eigenvalue weighted by molar-refractivity contribution is 9.11. The standard InChI is InChI=1S/C45H24Br8O4.C6H14.2CH2Cl2/c46-21-1-5-25-29(9-21)33(50)13-37-41(25)42-26-6-2-22(47)10-30(26)34(51)14-38(42)55-18-45(17-54-37)19-56-39-15-35(52)31-11-23(48)3-7-27(31)43(39)44-28-8-4-24(49)12-32(28)36(53)16-40(44)57-20-45;1-3-5-6-4-2;2*2-1-3/h1-16H,17-20H2;3-6H2,1-2H3;2*1H2. The zero-order valence-corrected chi connectivity index (χ0v) is 52.7. The van der Waals surface area contributed by atoms with Crippen LogP contribution in [0.5, 0.6) is 23.0 Å². The van der Waals surface area contributed by atoms with Crippen molar-refractivity contribution in [2.24, 2.45) is 5.41 Å². The van der Waals surface area contributed by atoms with Crippen LogP contribution < -0.4 is 18.9 Å². The van der Waals surface area contributed by atoms with Gasteiger partial charge in [0.15, 0.2) is 0 Å². The zero-order valence-electron chi connectivity index (χ0n) is 37.0. The van der Waals surface area contributed by atoms with Crippen molar-refractivity contribution in [1.82, 2.24) is 0 Å². The number of halogens is 12. The van der Waals surface area contributed by atoms with Gasteiger partial charge in [-0.1, -0.05) is 191 Å². The van der Waals surface area contributed by atoms with Gasteiger partial charge in [0.2, 0.25) is 0 Å². The van der Waals surface area contributed by atoms with Crippen LogP contribution in [0.15, 0.2) is 133 Å². The Labute approximate surface area is 490 Å². The first-order valence-electron chi connectivity index (χ1n) is 21.6. The van der Waals surface area contributed by atoms with Crippen LogP contribution in [-0.2, 0) is 0 Å². The summed E-state index contributed by atoms with van der Waals surface area (Å²) < 4.78 is 35.9. The third-order valence-electron chi connectivity index (χ3n) is 11.6. The van der Waals surface area contributed by atoms with E-state index in [9.17, 15) is 0 Å². The van der Waals surface area contributed by atoms with E-state index in [-0.39, 0.29) is 37.1 Å². The Morgan fingerprint density at radius 2 is 0.580 bits per heavy atom. The van der Waals surface area contributed by atoms with Crippen LogP contribution >= 0.6 is 174 Å². The molecule has 0 atom stereocenters. The van der Waals surface area contributed by atoms with Crippen LogP contribution in [0.4, 0.5) is 0 Å². The molecule has 2 heterocycles. The van der Waals surface area contributed by atoms with Crippen molar-refractivity contribution in [2.75, 3.05) is 37.1 Å². The molecule has 69 heavy (non-hydrogen) atoms. The molecular weight excluding hydrogens is 1480 g/mol. The van der Waals surface area contributed by atoms with Crippen LogP contribution in [0.2, 0.25) is 0 Å². The SMILES string of the molecule is Brc1ccc2c3c(cc(Br)c2c1)OCC1(COc2cc(Br)c4cc(Br)ccc4c2-3)COc2cc(Br)c3cc(Br)ccc3c2-c2c(cc(Br)c3cc(Br)ccc23)OC1.CCCCCC.ClCCl.ClCCl. The zero-order chi connectivity index (χ0) is 49.6. The fraction of sp³-hybridized carbons (Fsp3) is 0.245. The number of unbranched alkanes of at least 4 members (excludes halogenated alkanes) is 3. The summed E-state index contributed by atoms with van der Waals surface area (Å²) in [5.41, 5.74) is 3.04. The van der Waals surface area contributed by atoms with Gasteiger partial charge in [-0.05, 0) is 116 Å². The van der Waals surface area contributed by atoms with E-state index in [1.165, 1.54) is 25.7 Å². The molecule has 0 saturated heterocycles. The van der Waals surface area contributed by atoms with Gasteiger partial charge < -0.3 is 18.9 Å². The van der Waals surface area contributed by atoms with E-state index in [2.05, 4.69) is 238 Å². The lowest BCUT2D eigenvalue weighted by atomic mass is 9.92. The van der Waals surface area contributed by atoms with Crippen molar-refractivity contribution >= 4 is 217 Å². The van der Waals surface area contributed by atoms with Gasteiger partial charge in [0, 0.05) is 58.0 Å². The van der Waals surface area contributed by atoms with E-state index < -0.39 is 5.41 Å². The lowest BCUT2D eigenvalue weighted by Crippen LogP contribution is -2.45. The molecule has 362 valence electrons. The summed E-state index contributed by atoms with van der Waals surface area (Å²) in [5.74, 6) is 2.92. The highest BCUT2D eigenvalue weighted by Gasteiger charge is 2.40. The lowest BCUT2D eigenvalue weighted by molar-refractivity contribution is -0.00110. The Bertz CT molecular complexity index is 2760. The third-order valence-corrected chi connectivity index (χ3v) is 16.2. The molecule has 0 unspecified atom stereocenters. The molecule has 0 fully saturated rings. The minimum Gasteiger partial charge on any atom is -0.492 e. The fourth-order valence-corrected chi connectivity index (χ4v) is 12.1. The number of rotatable bonds is 3. The molecule has 0 radical (unpaired) electrons. The summed E-state index contributed by atoms with van der Waals surface area (Å²) in [5, 5.41) is 8.73. The molecule has 0 saturated carbocycles. The van der Waals surface area contributed by atoms with E-state index in [1.807, 2.05) is 0 Å². The first-order chi connectivity index (χ1) is 33.2. The molecule has 0 aromatic heterocycles. The maximum Gasteiger partial charge on any atom is 0.129 e. The summed E-state index contributed by atoms with van der Waals surface area (Å²) in [6.45, 7) is 5.47.